The van der Waals surface area contributed by atoms with Gasteiger partial charge in [-0.3, -0.25) is 4.98 Å². The van der Waals surface area contributed by atoms with E-state index in [1.807, 2.05) is 55.0 Å². The monoisotopic (exact) mass is 336 g/mol. The second-order valence-electron chi connectivity index (χ2n) is 6.02. The maximum Gasteiger partial charge on any atom is 0.138 e. The van der Waals surface area contributed by atoms with Crippen molar-refractivity contribution in [1.82, 2.24) is 9.97 Å². The molecule has 4 rings (SSSR count). The van der Waals surface area contributed by atoms with Crippen molar-refractivity contribution < 1.29 is 0 Å². The average Bonchev–Trinajstić information content (AvgIpc) is 2.71. The van der Waals surface area contributed by atoms with Crippen LogP contribution in [0.5, 0.6) is 0 Å². The van der Waals surface area contributed by atoms with E-state index in [0.29, 0.717) is 5.56 Å². The van der Waals surface area contributed by atoms with E-state index in [2.05, 4.69) is 33.5 Å². The minimum atomic E-state index is 0.640. The first-order valence-corrected chi connectivity index (χ1v) is 8.36. The van der Waals surface area contributed by atoms with E-state index < -0.39 is 0 Å². The van der Waals surface area contributed by atoms with E-state index in [1.165, 1.54) is 16.5 Å². The summed E-state index contributed by atoms with van der Waals surface area (Å²) >= 11 is 0. The summed E-state index contributed by atoms with van der Waals surface area (Å²) in [7, 11) is 0. The number of hydrogen-bond acceptors (Lipinski definition) is 4. The Morgan fingerprint density at radius 2 is 1.62 bits per heavy atom. The standard InChI is InChI=1S/C22H16N4/c23-14-17-5-7-19(8-6-17)26-22-21-4-2-1-3-20(21)18(15-25-22)13-16-9-11-24-12-10-16/h1-12,15H,13H2,(H,25,26). The van der Waals surface area contributed by atoms with Gasteiger partial charge in [-0.15, -0.1) is 0 Å². The second-order valence-corrected chi connectivity index (χ2v) is 6.02. The normalized spacial score (nSPS) is 10.4. The number of nitrogens with zero attached hydrogens (tertiary/aromatic N) is 3. The molecule has 124 valence electrons. The van der Waals surface area contributed by atoms with Gasteiger partial charge < -0.3 is 5.32 Å². The molecule has 2 heterocycles. The Balaban J connectivity index is 1.70. The van der Waals surface area contributed by atoms with Crippen molar-refractivity contribution in [2.24, 2.45) is 0 Å². The fourth-order valence-electron chi connectivity index (χ4n) is 2.98. The minimum Gasteiger partial charge on any atom is -0.340 e. The third kappa shape index (κ3) is 3.24. The molecule has 0 unspecified atom stereocenters. The van der Waals surface area contributed by atoms with E-state index in [-0.39, 0.29) is 0 Å². The topological polar surface area (TPSA) is 61.6 Å². The van der Waals surface area contributed by atoms with Gasteiger partial charge in [0.15, 0.2) is 0 Å². The number of pyridine rings is 2. The van der Waals surface area contributed by atoms with Crippen LogP contribution in [0.1, 0.15) is 16.7 Å². The molecule has 0 bridgehead atoms. The number of benzene rings is 2. The van der Waals surface area contributed by atoms with Gasteiger partial charge in [-0.05, 0) is 59.3 Å². The molecule has 2 aromatic heterocycles. The molecule has 0 atom stereocenters. The maximum atomic E-state index is 8.92. The van der Waals surface area contributed by atoms with Gasteiger partial charge in [-0.1, -0.05) is 24.3 Å². The molecular formula is C22H16N4. The molecule has 0 saturated carbocycles. The SMILES string of the molecule is N#Cc1ccc(Nc2ncc(Cc3ccncc3)c3ccccc23)cc1. The molecule has 4 nitrogen and oxygen atoms in total. The highest BCUT2D eigenvalue weighted by atomic mass is 15.0. The van der Waals surface area contributed by atoms with Gasteiger partial charge in [-0.2, -0.15) is 5.26 Å². The zero-order chi connectivity index (χ0) is 17.8. The molecule has 2 aromatic carbocycles. The molecule has 0 fully saturated rings. The molecule has 0 radical (unpaired) electrons. The van der Waals surface area contributed by atoms with Gasteiger partial charge in [0.25, 0.3) is 0 Å². The summed E-state index contributed by atoms with van der Waals surface area (Å²) in [6.45, 7) is 0. The molecule has 0 aliphatic carbocycles. The quantitative estimate of drug-likeness (QED) is 0.579. The predicted octanol–water partition coefficient (Wildman–Crippen LogP) is 4.84. The lowest BCUT2D eigenvalue weighted by molar-refractivity contribution is 1.15. The highest BCUT2D eigenvalue weighted by Gasteiger charge is 2.08. The van der Waals surface area contributed by atoms with Crippen molar-refractivity contribution in [3.63, 3.8) is 0 Å². The number of nitrogens with one attached hydrogen (secondary N) is 1. The van der Waals surface area contributed by atoms with Crippen LogP contribution in [-0.2, 0) is 6.42 Å². The van der Waals surface area contributed by atoms with E-state index in [9.17, 15) is 0 Å². The van der Waals surface area contributed by atoms with Crippen LogP contribution in [0.3, 0.4) is 0 Å². The number of anilines is 2. The van der Waals surface area contributed by atoms with Crippen molar-refractivity contribution >= 4 is 22.3 Å². The van der Waals surface area contributed by atoms with Crippen LogP contribution in [0, 0.1) is 11.3 Å². The Labute approximate surface area is 151 Å². The third-order valence-electron chi connectivity index (χ3n) is 4.30. The lowest BCUT2D eigenvalue weighted by Crippen LogP contribution is -1.98. The van der Waals surface area contributed by atoms with E-state index in [1.54, 1.807) is 12.1 Å². The van der Waals surface area contributed by atoms with Crippen LogP contribution >= 0.6 is 0 Å². The number of nitriles is 1. The minimum absolute atomic E-state index is 0.640. The number of hydrogen-bond donors (Lipinski definition) is 1. The largest absolute Gasteiger partial charge is 0.340 e. The fraction of sp³-hybridized carbons (Fsp3) is 0.0455. The highest BCUT2D eigenvalue weighted by molar-refractivity contribution is 5.95. The molecule has 0 amide bonds. The van der Waals surface area contributed by atoms with Crippen LogP contribution in [0.4, 0.5) is 11.5 Å². The van der Waals surface area contributed by atoms with Gasteiger partial charge in [0, 0.05) is 29.7 Å². The Bertz CT molecular complexity index is 1080. The zero-order valence-corrected chi connectivity index (χ0v) is 14.1. The molecule has 4 heteroatoms. The summed E-state index contributed by atoms with van der Waals surface area (Å²) in [5.41, 5.74) is 3.93. The molecule has 0 saturated heterocycles. The summed E-state index contributed by atoms with van der Waals surface area (Å²) in [6.07, 6.45) is 6.36. The number of rotatable bonds is 4. The lowest BCUT2D eigenvalue weighted by Gasteiger charge is -2.12. The van der Waals surface area contributed by atoms with E-state index in [4.69, 9.17) is 5.26 Å². The lowest BCUT2D eigenvalue weighted by atomic mass is 10.0. The van der Waals surface area contributed by atoms with E-state index >= 15 is 0 Å². The fourth-order valence-corrected chi connectivity index (χ4v) is 2.98. The third-order valence-corrected chi connectivity index (χ3v) is 4.30. The smallest absolute Gasteiger partial charge is 0.138 e. The summed E-state index contributed by atoms with van der Waals surface area (Å²) in [5.74, 6) is 0.809. The van der Waals surface area contributed by atoms with Gasteiger partial charge in [-0.25, -0.2) is 4.98 Å². The molecule has 26 heavy (non-hydrogen) atoms. The Morgan fingerprint density at radius 3 is 2.35 bits per heavy atom. The summed E-state index contributed by atoms with van der Waals surface area (Å²) in [5, 5.41) is 14.5. The summed E-state index contributed by atoms with van der Waals surface area (Å²) in [6, 6.07) is 21.8. The van der Waals surface area contributed by atoms with Gasteiger partial charge in [0.1, 0.15) is 5.82 Å². The van der Waals surface area contributed by atoms with Crippen molar-refractivity contribution in [2.45, 2.75) is 6.42 Å². The van der Waals surface area contributed by atoms with Crippen LogP contribution in [0.15, 0.2) is 79.3 Å². The Kier molecular flexibility index (Phi) is 4.28. The van der Waals surface area contributed by atoms with Crippen LogP contribution in [0.25, 0.3) is 10.8 Å². The highest BCUT2D eigenvalue weighted by Crippen LogP contribution is 2.28. The molecule has 0 aliphatic rings. The van der Waals surface area contributed by atoms with Gasteiger partial charge in [0.05, 0.1) is 11.6 Å². The van der Waals surface area contributed by atoms with Crippen LogP contribution in [0.2, 0.25) is 0 Å². The van der Waals surface area contributed by atoms with Crippen molar-refractivity contribution in [2.75, 3.05) is 5.32 Å². The Hall–Kier alpha value is -3.71. The molecule has 0 spiro atoms. The zero-order valence-electron chi connectivity index (χ0n) is 14.1. The van der Waals surface area contributed by atoms with Crippen molar-refractivity contribution in [1.29, 1.82) is 5.26 Å². The van der Waals surface area contributed by atoms with Crippen molar-refractivity contribution in [3.05, 3.63) is 95.9 Å². The second kappa shape index (κ2) is 7.04. The van der Waals surface area contributed by atoms with Crippen molar-refractivity contribution in [3.8, 4) is 6.07 Å². The van der Waals surface area contributed by atoms with Gasteiger partial charge >= 0.3 is 0 Å². The summed E-state index contributed by atoms with van der Waals surface area (Å²) < 4.78 is 0. The first-order chi connectivity index (χ1) is 12.8. The predicted molar refractivity (Wildman–Crippen MR) is 103 cm³/mol. The average molecular weight is 336 g/mol. The first kappa shape index (κ1) is 15.8. The van der Waals surface area contributed by atoms with Crippen LogP contribution < -0.4 is 5.32 Å². The first-order valence-electron chi connectivity index (χ1n) is 8.36. The maximum absolute atomic E-state index is 8.92. The number of fused-ring (bicyclic) bond motifs is 1. The molecule has 0 aliphatic heterocycles. The molecular weight excluding hydrogens is 320 g/mol. The van der Waals surface area contributed by atoms with E-state index in [0.717, 1.165) is 23.3 Å². The van der Waals surface area contributed by atoms with Crippen LogP contribution in [-0.4, -0.2) is 9.97 Å². The molecule has 1 N–H and O–H groups in total. The Morgan fingerprint density at radius 1 is 0.885 bits per heavy atom. The number of aromatic nitrogens is 2. The molecule has 4 aromatic rings. The van der Waals surface area contributed by atoms with Gasteiger partial charge in [0.2, 0.25) is 0 Å². The summed E-state index contributed by atoms with van der Waals surface area (Å²) in [4.78, 5) is 8.73.